The molecule has 2 amide bonds. The van der Waals surface area contributed by atoms with Gasteiger partial charge in [-0.3, -0.25) is 33.6 Å². The van der Waals surface area contributed by atoms with Gasteiger partial charge >= 0.3 is 5.92 Å². The number of carbonyl (C=O) groups is 7. The van der Waals surface area contributed by atoms with Crippen molar-refractivity contribution in [2.75, 3.05) is 13.6 Å². The average molecular weight is 900 g/mol. The third kappa shape index (κ3) is 11.5. The molecule has 0 aliphatic carbocycles. The van der Waals surface area contributed by atoms with Crippen LogP contribution in [0.15, 0.2) is 84.9 Å². The number of halogens is 3. The molecule has 1 heterocycles. The van der Waals surface area contributed by atoms with Crippen molar-refractivity contribution in [2.24, 2.45) is 23.5 Å². The predicted molar refractivity (Wildman–Crippen MR) is 237 cm³/mol. The minimum absolute atomic E-state index is 0.0647. The summed E-state index contributed by atoms with van der Waals surface area (Å²) in [6.07, 6.45) is -0.308. The molecule has 0 spiro atoms. The van der Waals surface area contributed by atoms with E-state index in [9.17, 15) is 52.6 Å². The maximum Gasteiger partial charge on any atom is 0.362 e. The van der Waals surface area contributed by atoms with Gasteiger partial charge in [0, 0.05) is 72.7 Å². The fourth-order valence-corrected chi connectivity index (χ4v) is 8.03. The van der Waals surface area contributed by atoms with Gasteiger partial charge in [-0.1, -0.05) is 80.4 Å². The number of alkyl halides is 2. The number of phenolic OH excluding ortho intramolecular Hbond substituents is 2. The van der Waals surface area contributed by atoms with Crippen LogP contribution in [0.4, 0.5) is 8.78 Å². The number of nitrogens with two attached hydrogens (primary N) is 1. The Balaban J connectivity index is 1.49. The fraction of sp³-hybridized carbons (Fsp3) is 0.367. The fourth-order valence-electron chi connectivity index (χ4n) is 7.91. The molecule has 0 aromatic heterocycles. The van der Waals surface area contributed by atoms with Crippen LogP contribution in [-0.4, -0.2) is 81.4 Å². The zero-order chi connectivity index (χ0) is 47.0. The van der Waals surface area contributed by atoms with E-state index >= 15 is 0 Å². The molecule has 4 aromatic carbocycles. The Hall–Kier alpha value is -6.12. The first-order valence-electron chi connectivity index (χ1n) is 21.0. The number of fused-ring (bicyclic) bond motifs is 5. The number of hydrogen-bond acceptors (Lipinski definition) is 10. The molecule has 338 valence electrons. The highest BCUT2D eigenvalue weighted by Gasteiger charge is 2.47. The van der Waals surface area contributed by atoms with E-state index in [1.54, 1.807) is 36.4 Å². The summed E-state index contributed by atoms with van der Waals surface area (Å²) in [7, 11) is 1.41. The van der Waals surface area contributed by atoms with Crippen LogP contribution in [0.25, 0.3) is 22.3 Å². The molecular weight excluding hydrogens is 848 g/mol. The van der Waals surface area contributed by atoms with Crippen LogP contribution < -0.4 is 11.1 Å². The third-order valence-electron chi connectivity index (χ3n) is 11.7. The lowest BCUT2D eigenvalue weighted by Gasteiger charge is -2.32. The molecule has 15 heteroatoms. The van der Waals surface area contributed by atoms with Gasteiger partial charge in [0.25, 0.3) is 0 Å². The predicted octanol–water partition coefficient (Wildman–Crippen LogP) is 7.63. The van der Waals surface area contributed by atoms with E-state index in [0.29, 0.717) is 42.5 Å². The van der Waals surface area contributed by atoms with Crippen LogP contribution >= 0.6 is 11.6 Å². The molecule has 64 heavy (non-hydrogen) atoms. The zero-order valence-corrected chi connectivity index (χ0v) is 36.8. The maximum absolute atomic E-state index is 14.6. The Morgan fingerprint density at radius 3 is 2.06 bits per heavy atom. The summed E-state index contributed by atoms with van der Waals surface area (Å²) in [5, 5.41) is 25.4. The number of unbranched alkanes of at least 4 members (excludes halogenated alkanes) is 1. The van der Waals surface area contributed by atoms with Crippen molar-refractivity contribution in [3.05, 3.63) is 107 Å². The molecule has 4 bridgehead atoms. The van der Waals surface area contributed by atoms with Crippen molar-refractivity contribution in [1.29, 1.82) is 0 Å². The highest BCUT2D eigenvalue weighted by molar-refractivity contribution is 6.30. The van der Waals surface area contributed by atoms with Gasteiger partial charge in [0.1, 0.15) is 17.5 Å². The van der Waals surface area contributed by atoms with Crippen molar-refractivity contribution in [1.82, 2.24) is 10.2 Å². The number of ketones is 5. The molecule has 0 saturated carbocycles. The first-order chi connectivity index (χ1) is 30.2. The number of nitrogens with zero attached hydrogens (tertiary/aromatic N) is 1. The number of carbonyl (C=O) groups excluding carboxylic acids is 7. The number of Topliss-reactive ketones (excluding diaryl/α,β-unsaturated/α-hetero) is 5. The van der Waals surface area contributed by atoms with E-state index in [2.05, 4.69) is 5.32 Å². The molecular formula is C49H52ClF2N3O9. The van der Waals surface area contributed by atoms with Crippen LogP contribution in [0.3, 0.4) is 0 Å². The monoisotopic (exact) mass is 899 g/mol. The Morgan fingerprint density at radius 1 is 0.859 bits per heavy atom. The van der Waals surface area contributed by atoms with Gasteiger partial charge in [0.15, 0.2) is 17.3 Å². The van der Waals surface area contributed by atoms with Crippen LogP contribution in [0, 0.1) is 17.8 Å². The lowest BCUT2D eigenvalue weighted by molar-refractivity contribution is -0.158. The van der Waals surface area contributed by atoms with Crippen molar-refractivity contribution in [2.45, 2.75) is 83.7 Å². The minimum Gasteiger partial charge on any atom is -0.507 e. The Kier molecular flexibility index (Phi) is 16.1. The molecule has 0 saturated heterocycles. The van der Waals surface area contributed by atoms with Crippen LogP contribution in [0.2, 0.25) is 5.02 Å². The van der Waals surface area contributed by atoms with Gasteiger partial charge < -0.3 is 26.2 Å². The summed E-state index contributed by atoms with van der Waals surface area (Å²) in [4.78, 5) is 95.7. The summed E-state index contributed by atoms with van der Waals surface area (Å²) in [6.45, 7) is 3.43. The second-order valence-electron chi connectivity index (χ2n) is 16.6. The molecule has 5 rings (SSSR count). The first-order valence-corrected chi connectivity index (χ1v) is 21.4. The van der Waals surface area contributed by atoms with E-state index in [4.69, 9.17) is 17.3 Å². The second kappa shape index (κ2) is 21.0. The van der Waals surface area contributed by atoms with E-state index < -0.39 is 83.5 Å². The Morgan fingerprint density at radius 2 is 1.45 bits per heavy atom. The average Bonchev–Trinajstić information content (AvgIpc) is 3.26. The standard InChI is InChI=1S/C49H52ClF2N3O9/c1-27(46(62)49(51,52)29(3)56)21-43(60)39-24-30-8-18-40(57)37(23-30)38-25-34(15-19-41(38)58)45(44(61)22-28(2)47(63)54-39)55(4)48(64)35(7-5-6-20-53)26-42(59)33-11-9-31(10-12-33)32-13-16-36(50)17-14-32/h8-19,23,25,27-28,35,39,45,57-58H,5-7,20-22,24,26,53H2,1-4H3,(H,54,63)/t27-,28-,35-,39+,45+/m1/s1. The Bertz CT molecular complexity index is 2420. The first kappa shape index (κ1) is 48.9. The third-order valence-corrected chi connectivity index (χ3v) is 12.0. The van der Waals surface area contributed by atoms with E-state index in [1.807, 2.05) is 12.1 Å². The van der Waals surface area contributed by atoms with Gasteiger partial charge in [0.2, 0.25) is 23.4 Å². The molecule has 1 aliphatic rings. The van der Waals surface area contributed by atoms with E-state index in [0.717, 1.165) is 18.1 Å². The normalized spacial score (nSPS) is 17.7. The highest BCUT2D eigenvalue weighted by atomic mass is 35.5. The molecule has 12 nitrogen and oxygen atoms in total. The second-order valence-corrected chi connectivity index (χ2v) is 17.0. The van der Waals surface area contributed by atoms with Crippen molar-refractivity contribution in [3.63, 3.8) is 0 Å². The van der Waals surface area contributed by atoms with Gasteiger partial charge in [-0.05, 0) is 84.5 Å². The molecule has 0 unspecified atom stereocenters. The number of hydrogen-bond donors (Lipinski definition) is 4. The number of nitrogens with one attached hydrogen (secondary N) is 1. The van der Waals surface area contributed by atoms with E-state index in [1.165, 1.54) is 55.3 Å². The van der Waals surface area contributed by atoms with Gasteiger partial charge in [-0.2, -0.15) is 8.78 Å². The topological polar surface area (TPSA) is 201 Å². The lowest BCUT2D eigenvalue weighted by atomic mass is 9.87. The molecule has 5 atom stereocenters. The number of rotatable bonds is 16. The molecule has 4 aromatic rings. The van der Waals surface area contributed by atoms with E-state index in [-0.39, 0.29) is 53.2 Å². The largest absolute Gasteiger partial charge is 0.507 e. The number of amides is 2. The number of phenols is 2. The summed E-state index contributed by atoms with van der Waals surface area (Å²) in [5.74, 6) is -15.0. The van der Waals surface area contributed by atoms with Crippen molar-refractivity contribution < 1.29 is 52.6 Å². The van der Waals surface area contributed by atoms with Gasteiger partial charge in [0.05, 0.1) is 6.04 Å². The quantitative estimate of drug-likeness (QED) is 0.0492. The highest BCUT2D eigenvalue weighted by Crippen LogP contribution is 2.40. The molecule has 0 fully saturated rings. The number of aromatic hydroxyl groups is 2. The maximum atomic E-state index is 14.6. The van der Waals surface area contributed by atoms with Crippen LogP contribution in [0.5, 0.6) is 11.5 Å². The number of likely N-dealkylation sites (N-methyl/N-ethyl adjacent to an activating group) is 1. The van der Waals surface area contributed by atoms with Crippen molar-refractivity contribution in [3.8, 4) is 33.8 Å². The molecule has 5 N–H and O–H groups in total. The SMILES string of the molecule is CC(=O)C(F)(F)C(=O)[C@H](C)CC(=O)[C@@H]1Cc2ccc(O)c(c2)-c2cc(ccc2O)[C@H](N(C)C(=O)[C@H](CCCCN)CC(=O)c2ccc(-c3ccc(Cl)cc3)cc2)C(=O)C[C@@H](C)C(=O)N1. The Labute approximate surface area is 375 Å². The summed E-state index contributed by atoms with van der Waals surface area (Å²) in [6, 6.07) is 19.8. The van der Waals surface area contributed by atoms with Crippen LogP contribution in [-0.2, 0) is 35.2 Å². The van der Waals surface area contributed by atoms with Gasteiger partial charge in [-0.15, -0.1) is 0 Å². The minimum atomic E-state index is -4.32. The summed E-state index contributed by atoms with van der Waals surface area (Å²) in [5.41, 5.74) is 8.64. The van der Waals surface area contributed by atoms with Gasteiger partial charge in [-0.25, -0.2) is 0 Å². The summed E-state index contributed by atoms with van der Waals surface area (Å²) < 4.78 is 28.7. The smallest absolute Gasteiger partial charge is 0.362 e. The molecule has 0 radical (unpaired) electrons. The lowest BCUT2D eigenvalue weighted by Crippen LogP contribution is -2.47. The summed E-state index contributed by atoms with van der Waals surface area (Å²) >= 11 is 6.04. The van der Waals surface area contributed by atoms with Crippen molar-refractivity contribution >= 4 is 52.3 Å². The van der Waals surface area contributed by atoms with Crippen LogP contribution in [0.1, 0.15) is 86.8 Å². The molecule has 1 aliphatic heterocycles. The zero-order valence-electron chi connectivity index (χ0n) is 36.0. The number of benzene rings is 4.